The van der Waals surface area contributed by atoms with Crippen LogP contribution in [-0.2, 0) is 10.0 Å². The number of rotatable bonds is 6. The van der Waals surface area contributed by atoms with Crippen molar-refractivity contribution in [2.24, 2.45) is 5.73 Å². The van der Waals surface area contributed by atoms with E-state index < -0.39 is 10.0 Å². The maximum Gasteiger partial charge on any atom is 0.306 e. The van der Waals surface area contributed by atoms with Crippen LogP contribution in [0.1, 0.15) is 6.92 Å². The van der Waals surface area contributed by atoms with Crippen molar-refractivity contribution in [2.45, 2.75) is 6.92 Å². The van der Waals surface area contributed by atoms with Crippen LogP contribution in [0.2, 0.25) is 10.0 Å². The smallest absolute Gasteiger partial charge is 0.306 e. The van der Waals surface area contributed by atoms with Gasteiger partial charge in [0.2, 0.25) is 0 Å². The summed E-state index contributed by atoms with van der Waals surface area (Å²) in [6, 6.07) is 12.0. The van der Waals surface area contributed by atoms with E-state index in [-0.39, 0.29) is 16.2 Å². The van der Waals surface area contributed by atoms with Crippen LogP contribution < -0.4 is 14.4 Å². The number of ether oxygens (including phenoxy) is 1. The zero-order chi connectivity index (χ0) is 20.4. The molecule has 0 bridgehead atoms. The largest absolute Gasteiger partial charge is 0.454 e. The Morgan fingerprint density at radius 2 is 1.75 bits per heavy atom. The maximum absolute atomic E-state index is 12.9. The topological polar surface area (TPSA) is 69.4 Å². The second-order valence-corrected chi connectivity index (χ2v) is 9.50. The number of halogens is 2. The molecule has 0 radical (unpaired) electrons. The van der Waals surface area contributed by atoms with Gasteiger partial charge in [-0.3, -0.25) is 0 Å². The molecule has 0 aliphatic carbocycles. The first kappa shape index (κ1) is 20.9. The summed E-state index contributed by atoms with van der Waals surface area (Å²) in [4.78, 5) is 0. The third-order valence-corrected chi connectivity index (χ3v) is 7.46. The molecule has 1 unspecified atom stereocenters. The van der Waals surface area contributed by atoms with E-state index in [0.717, 1.165) is 5.57 Å². The fourth-order valence-corrected chi connectivity index (χ4v) is 4.93. The van der Waals surface area contributed by atoms with Gasteiger partial charge in [-0.15, -0.1) is 0 Å². The van der Waals surface area contributed by atoms with E-state index in [0.29, 0.717) is 33.8 Å². The summed E-state index contributed by atoms with van der Waals surface area (Å²) in [6.07, 6.45) is 5.31. The fourth-order valence-electron chi connectivity index (χ4n) is 3.00. The lowest BCUT2D eigenvalue weighted by Gasteiger charge is -2.33. The Morgan fingerprint density at radius 3 is 2.25 bits per heavy atom. The van der Waals surface area contributed by atoms with Gasteiger partial charge < -0.3 is 10.5 Å². The predicted molar refractivity (Wildman–Crippen MR) is 115 cm³/mol. The lowest BCUT2D eigenvalue weighted by atomic mass is 10.1. The summed E-state index contributed by atoms with van der Waals surface area (Å²) < 4.78 is 31.4. The number of para-hydroxylation sites is 1. The molecular weight excluding hydrogens is 419 g/mol. The normalized spacial score (nSPS) is 19.4. The molecule has 1 atom stereocenters. The van der Waals surface area contributed by atoms with Crippen molar-refractivity contribution in [3.05, 3.63) is 76.4 Å². The standard InChI is InChI=1S/C20H21Cl2N2O3S/c1-2-28(25,26)24(12-10-15(14-23)11-13-24)16-6-8-17(9-7-16)27-20-18(21)4-3-5-19(20)22/h3-12H,2,13-14,23H2,1H3/q+1. The molecule has 28 heavy (non-hydrogen) atoms. The highest BCUT2D eigenvalue weighted by Gasteiger charge is 2.41. The first-order valence-electron chi connectivity index (χ1n) is 8.74. The molecular formula is C20H21Cl2N2O3S+. The van der Waals surface area contributed by atoms with Crippen molar-refractivity contribution in [3.8, 4) is 11.5 Å². The molecule has 0 saturated carbocycles. The Bertz CT molecular complexity index is 1010. The molecule has 0 aromatic heterocycles. The van der Waals surface area contributed by atoms with Gasteiger partial charge in [0.25, 0.3) is 0 Å². The summed E-state index contributed by atoms with van der Waals surface area (Å²) in [5.74, 6) is 0.874. The Morgan fingerprint density at radius 1 is 1.11 bits per heavy atom. The van der Waals surface area contributed by atoms with E-state index in [1.54, 1.807) is 61.7 Å². The van der Waals surface area contributed by atoms with Crippen molar-refractivity contribution in [3.63, 3.8) is 0 Å². The highest BCUT2D eigenvalue weighted by atomic mass is 35.5. The van der Waals surface area contributed by atoms with Gasteiger partial charge in [0.1, 0.15) is 18.5 Å². The fraction of sp³-hybridized carbons (Fsp3) is 0.200. The molecule has 0 amide bonds. The van der Waals surface area contributed by atoms with E-state index in [9.17, 15) is 8.42 Å². The number of sulfonamides is 1. The number of quaternary nitrogens is 1. The second kappa shape index (κ2) is 8.27. The molecule has 1 aliphatic heterocycles. The monoisotopic (exact) mass is 439 g/mol. The van der Waals surface area contributed by atoms with E-state index in [2.05, 4.69) is 0 Å². The third-order valence-electron chi connectivity index (χ3n) is 4.66. The number of hydrogen-bond donors (Lipinski definition) is 1. The molecule has 0 saturated heterocycles. The van der Waals surface area contributed by atoms with Gasteiger partial charge in [-0.25, -0.2) is 0 Å². The van der Waals surface area contributed by atoms with E-state index in [4.69, 9.17) is 33.7 Å². The molecule has 0 spiro atoms. The number of nitrogens with zero attached hydrogens (tertiary/aromatic N) is 1. The molecule has 0 fully saturated rings. The minimum Gasteiger partial charge on any atom is -0.454 e. The highest BCUT2D eigenvalue weighted by molar-refractivity contribution is 7.91. The quantitative estimate of drug-likeness (QED) is 0.652. The summed E-state index contributed by atoms with van der Waals surface area (Å²) in [5, 5.41) is 0.791. The van der Waals surface area contributed by atoms with Crippen molar-refractivity contribution in [1.82, 2.24) is 3.89 Å². The number of nitrogens with two attached hydrogens (primary N) is 1. The first-order valence-corrected chi connectivity index (χ1v) is 11.1. The van der Waals surface area contributed by atoms with E-state index in [1.807, 2.05) is 6.08 Å². The van der Waals surface area contributed by atoms with Gasteiger partial charge in [-0.2, -0.15) is 12.3 Å². The number of benzene rings is 2. The minimum atomic E-state index is -3.47. The molecule has 1 heterocycles. The zero-order valence-electron chi connectivity index (χ0n) is 15.3. The Hall–Kier alpha value is -1.83. The third kappa shape index (κ3) is 3.83. The molecule has 2 aromatic rings. The number of hydrogen-bond acceptors (Lipinski definition) is 4. The first-order chi connectivity index (χ1) is 13.3. The Balaban J connectivity index is 1.96. The van der Waals surface area contributed by atoms with Crippen LogP contribution >= 0.6 is 23.2 Å². The van der Waals surface area contributed by atoms with Crippen molar-refractivity contribution in [2.75, 3.05) is 18.8 Å². The summed E-state index contributed by atoms with van der Waals surface area (Å²) >= 11 is 12.3. The van der Waals surface area contributed by atoms with Crippen molar-refractivity contribution in [1.29, 1.82) is 0 Å². The highest BCUT2D eigenvalue weighted by Crippen LogP contribution is 2.38. The lowest BCUT2D eigenvalue weighted by Crippen LogP contribution is -2.51. The van der Waals surface area contributed by atoms with Crippen molar-refractivity contribution < 1.29 is 13.2 Å². The van der Waals surface area contributed by atoms with Crippen LogP contribution in [0.25, 0.3) is 0 Å². The van der Waals surface area contributed by atoms with Gasteiger partial charge in [0.05, 0.1) is 15.8 Å². The van der Waals surface area contributed by atoms with Crippen LogP contribution in [0.3, 0.4) is 0 Å². The summed E-state index contributed by atoms with van der Waals surface area (Å²) in [5.41, 5.74) is 7.20. The van der Waals surface area contributed by atoms with Crippen LogP contribution in [-0.4, -0.2) is 27.3 Å². The van der Waals surface area contributed by atoms with Crippen molar-refractivity contribution >= 4 is 38.9 Å². The maximum atomic E-state index is 12.9. The van der Waals surface area contributed by atoms with Gasteiger partial charge >= 0.3 is 10.0 Å². The molecule has 5 nitrogen and oxygen atoms in total. The Labute approximate surface area is 175 Å². The summed E-state index contributed by atoms with van der Waals surface area (Å²) in [7, 11) is -3.47. The van der Waals surface area contributed by atoms with Crippen LogP contribution in [0.5, 0.6) is 11.5 Å². The molecule has 3 rings (SSSR count). The van der Waals surface area contributed by atoms with Gasteiger partial charge in [0.15, 0.2) is 11.4 Å². The molecule has 2 aromatic carbocycles. The SMILES string of the molecule is CCS(=O)(=O)[N+]1(c2ccc(Oc3c(Cl)cccc3Cl)cc2)C=CC(CN)=CC1. The van der Waals surface area contributed by atoms with E-state index in [1.165, 1.54) is 0 Å². The minimum absolute atomic E-state index is 0.0105. The second-order valence-electron chi connectivity index (χ2n) is 6.29. The van der Waals surface area contributed by atoms with E-state index >= 15 is 0 Å². The Kier molecular flexibility index (Phi) is 6.17. The van der Waals surface area contributed by atoms with Crippen LogP contribution in [0.15, 0.2) is 66.4 Å². The molecule has 148 valence electrons. The summed E-state index contributed by atoms with van der Waals surface area (Å²) in [6.45, 7) is 2.30. The van der Waals surface area contributed by atoms with Crippen LogP contribution in [0.4, 0.5) is 5.69 Å². The molecule has 2 N–H and O–H groups in total. The zero-order valence-corrected chi connectivity index (χ0v) is 17.6. The molecule has 1 aliphatic rings. The van der Waals surface area contributed by atoms with Gasteiger partial charge in [-0.05, 0) is 48.9 Å². The van der Waals surface area contributed by atoms with Crippen LogP contribution in [0, 0.1) is 0 Å². The molecule has 8 heteroatoms. The predicted octanol–water partition coefficient (Wildman–Crippen LogP) is 4.86. The average molecular weight is 440 g/mol. The average Bonchev–Trinajstić information content (AvgIpc) is 2.71. The lowest BCUT2D eigenvalue weighted by molar-refractivity contribution is 0.481. The van der Waals surface area contributed by atoms with Gasteiger partial charge in [-0.1, -0.05) is 29.3 Å². The van der Waals surface area contributed by atoms with Gasteiger partial charge in [0, 0.05) is 18.7 Å².